The lowest BCUT2D eigenvalue weighted by atomic mass is 10.2. The van der Waals surface area contributed by atoms with E-state index in [1.54, 1.807) is 25.1 Å². The summed E-state index contributed by atoms with van der Waals surface area (Å²) in [6.45, 7) is 1.81. The first-order valence-electron chi connectivity index (χ1n) is 5.52. The normalized spacial score (nSPS) is 10.7. The minimum atomic E-state index is -3.84. The number of nitrogens with zero attached hydrogens (tertiary/aromatic N) is 1. The molecule has 0 unspecified atom stereocenters. The van der Waals surface area contributed by atoms with Crippen LogP contribution in [0.3, 0.4) is 0 Å². The third kappa shape index (κ3) is 3.12. The van der Waals surface area contributed by atoms with Gasteiger partial charge in [0.25, 0.3) is 0 Å². The molecular weight excluding hydrogens is 262 g/mol. The maximum Gasteiger partial charge on any atom is 0.339 e. The van der Waals surface area contributed by atoms with Crippen molar-refractivity contribution in [2.75, 3.05) is 0 Å². The molecule has 2 aromatic rings. The van der Waals surface area contributed by atoms with E-state index in [0.29, 0.717) is 5.56 Å². The fraction of sp³-hybridized carbons (Fsp3) is 0.0714. The summed E-state index contributed by atoms with van der Waals surface area (Å²) in [5.74, 6) is 0.181. The van der Waals surface area contributed by atoms with Gasteiger partial charge in [0.2, 0.25) is 0 Å². The van der Waals surface area contributed by atoms with Gasteiger partial charge < -0.3 is 4.18 Å². The van der Waals surface area contributed by atoms with Gasteiger partial charge in [-0.15, -0.1) is 0 Å². The summed E-state index contributed by atoms with van der Waals surface area (Å²) in [6, 6.07) is 14.3. The zero-order valence-corrected chi connectivity index (χ0v) is 11.0. The molecule has 0 fully saturated rings. The highest BCUT2D eigenvalue weighted by molar-refractivity contribution is 7.87. The Morgan fingerprint density at radius 2 is 1.79 bits per heavy atom. The molecule has 5 heteroatoms. The lowest BCUT2D eigenvalue weighted by molar-refractivity contribution is 0.486. The van der Waals surface area contributed by atoms with E-state index >= 15 is 0 Å². The largest absolute Gasteiger partial charge is 0.379 e. The molecule has 2 rings (SSSR count). The van der Waals surface area contributed by atoms with Crippen LogP contribution in [0.4, 0.5) is 0 Å². The Kier molecular flexibility index (Phi) is 3.54. The molecule has 0 aliphatic rings. The second-order valence-electron chi connectivity index (χ2n) is 3.99. The van der Waals surface area contributed by atoms with Crippen LogP contribution in [0.25, 0.3) is 0 Å². The first kappa shape index (κ1) is 13.1. The van der Waals surface area contributed by atoms with E-state index in [2.05, 4.69) is 0 Å². The summed E-state index contributed by atoms with van der Waals surface area (Å²) < 4.78 is 29.0. The number of rotatable bonds is 3. The van der Waals surface area contributed by atoms with Crippen LogP contribution in [-0.2, 0) is 10.1 Å². The van der Waals surface area contributed by atoms with Gasteiger partial charge in [-0.2, -0.15) is 13.7 Å². The number of aryl methyl sites for hydroxylation is 1. The molecule has 0 saturated carbocycles. The summed E-state index contributed by atoms with van der Waals surface area (Å²) in [5.41, 5.74) is 1.28. The first-order chi connectivity index (χ1) is 9.01. The molecule has 0 aliphatic heterocycles. The van der Waals surface area contributed by atoms with Gasteiger partial charge in [-0.1, -0.05) is 12.1 Å². The first-order valence-corrected chi connectivity index (χ1v) is 6.93. The van der Waals surface area contributed by atoms with Gasteiger partial charge in [-0.05, 0) is 48.9 Å². The Hall–Kier alpha value is -2.32. The highest BCUT2D eigenvalue weighted by Crippen LogP contribution is 2.19. The van der Waals surface area contributed by atoms with Crippen molar-refractivity contribution in [3.05, 3.63) is 59.7 Å². The van der Waals surface area contributed by atoms with Gasteiger partial charge in [-0.3, -0.25) is 0 Å². The molecule has 0 amide bonds. The van der Waals surface area contributed by atoms with Gasteiger partial charge in [-0.25, -0.2) is 0 Å². The third-order valence-corrected chi connectivity index (χ3v) is 3.71. The topological polar surface area (TPSA) is 67.2 Å². The van der Waals surface area contributed by atoms with Gasteiger partial charge >= 0.3 is 10.1 Å². The van der Waals surface area contributed by atoms with Gasteiger partial charge in [0, 0.05) is 0 Å². The second kappa shape index (κ2) is 5.12. The van der Waals surface area contributed by atoms with Crippen LogP contribution in [0.1, 0.15) is 11.1 Å². The number of hydrogen-bond acceptors (Lipinski definition) is 4. The van der Waals surface area contributed by atoms with Crippen LogP contribution in [-0.4, -0.2) is 8.42 Å². The SMILES string of the molecule is Cc1cccc(S(=O)(=O)Oc2ccc(C#N)cc2)c1. The van der Waals surface area contributed by atoms with E-state index < -0.39 is 10.1 Å². The van der Waals surface area contributed by atoms with E-state index in [9.17, 15) is 8.42 Å². The number of benzene rings is 2. The van der Waals surface area contributed by atoms with Gasteiger partial charge in [0.1, 0.15) is 10.6 Å². The lowest BCUT2D eigenvalue weighted by Gasteiger charge is -2.07. The minimum Gasteiger partial charge on any atom is -0.379 e. The molecule has 0 saturated heterocycles. The van der Waals surface area contributed by atoms with Gasteiger partial charge in [0.05, 0.1) is 11.6 Å². The van der Waals surface area contributed by atoms with Crippen LogP contribution in [0, 0.1) is 18.3 Å². The summed E-state index contributed by atoms with van der Waals surface area (Å²) in [5, 5.41) is 8.66. The molecule has 96 valence electrons. The molecule has 0 heterocycles. The summed E-state index contributed by atoms with van der Waals surface area (Å²) in [4.78, 5) is 0.108. The van der Waals surface area contributed by atoms with E-state index in [1.807, 2.05) is 6.07 Å². The van der Waals surface area contributed by atoms with Crippen molar-refractivity contribution in [2.24, 2.45) is 0 Å². The molecule has 0 spiro atoms. The maximum absolute atomic E-state index is 12.0. The Labute approximate surface area is 112 Å². The molecule has 4 nitrogen and oxygen atoms in total. The highest BCUT2D eigenvalue weighted by atomic mass is 32.2. The zero-order valence-electron chi connectivity index (χ0n) is 10.2. The van der Waals surface area contributed by atoms with Gasteiger partial charge in [0.15, 0.2) is 0 Å². The summed E-state index contributed by atoms with van der Waals surface area (Å²) in [7, 11) is -3.84. The average Bonchev–Trinajstić information content (AvgIpc) is 2.39. The number of nitriles is 1. The molecule has 19 heavy (non-hydrogen) atoms. The average molecular weight is 273 g/mol. The van der Waals surface area contributed by atoms with Crippen molar-refractivity contribution < 1.29 is 12.6 Å². The monoisotopic (exact) mass is 273 g/mol. The molecule has 2 aromatic carbocycles. The number of hydrogen-bond donors (Lipinski definition) is 0. The fourth-order valence-electron chi connectivity index (χ4n) is 1.53. The van der Waals surface area contributed by atoms with E-state index in [-0.39, 0.29) is 10.6 Å². The Balaban J connectivity index is 2.28. The second-order valence-corrected chi connectivity index (χ2v) is 5.54. The van der Waals surface area contributed by atoms with Crippen LogP contribution < -0.4 is 4.18 Å². The molecule has 0 aliphatic carbocycles. The smallest absolute Gasteiger partial charge is 0.339 e. The Morgan fingerprint density at radius 1 is 1.11 bits per heavy atom. The quantitative estimate of drug-likeness (QED) is 0.806. The zero-order chi connectivity index (χ0) is 13.9. The fourth-order valence-corrected chi connectivity index (χ4v) is 2.57. The van der Waals surface area contributed by atoms with Crippen molar-refractivity contribution in [2.45, 2.75) is 11.8 Å². The maximum atomic E-state index is 12.0. The van der Waals surface area contributed by atoms with Crippen molar-refractivity contribution >= 4 is 10.1 Å². The highest BCUT2D eigenvalue weighted by Gasteiger charge is 2.16. The van der Waals surface area contributed by atoms with Crippen molar-refractivity contribution in [3.63, 3.8) is 0 Å². The van der Waals surface area contributed by atoms with Crippen molar-refractivity contribution in [1.29, 1.82) is 5.26 Å². The minimum absolute atomic E-state index is 0.108. The molecule has 0 aromatic heterocycles. The van der Waals surface area contributed by atoms with Crippen molar-refractivity contribution in [3.8, 4) is 11.8 Å². The molecule has 0 bridgehead atoms. The molecule has 0 N–H and O–H groups in total. The lowest BCUT2D eigenvalue weighted by Crippen LogP contribution is -2.09. The standard InChI is InChI=1S/C14H11NO3S/c1-11-3-2-4-14(9-11)19(16,17)18-13-7-5-12(10-15)6-8-13/h2-9H,1H3. The predicted octanol–water partition coefficient (Wildman–Crippen LogP) is 2.63. The van der Waals surface area contributed by atoms with Crippen LogP contribution in [0.15, 0.2) is 53.4 Å². The third-order valence-electron chi connectivity index (χ3n) is 2.47. The van der Waals surface area contributed by atoms with E-state index in [4.69, 9.17) is 9.44 Å². The molecular formula is C14H11NO3S. The van der Waals surface area contributed by atoms with Crippen LogP contribution in [0.5, 0.6) is 5.75 Å². The van der Waals surface area contributed by atoms with Crippen LogP contribution >= 0.6 is 0 Å². The summed E-state index contributed by atoms with van der Waals surface area (Å²) in [6.07, 6.45) is 0. The summed E-state index contributed by atoms with van der Waals surface area (Å²) >= 11 is 0. The molecule has 0 atom stereocenters. The van der Waals surface area contributed by atoms with Crippen LogP contribution in [0.2, 0.25) is 0 Å². The Morgan fingerprint density at radius 3 is 2.37 bits per heavy atom. The molecule has 0 radical (unpaired) electrons. The van der Waals surface area contributed by atoms with E-state index in [1.165, 1.54) is 30.3 Å². The van der Waals surface area contributed by atoms with E-state index in [0.717, 1.165) is 5.56 Å². The predicted molar refractivity (Wildman–Crippen MR) is 70.1 cm³/mol. The Bertz CT molecular complexity index is 728. The van der Waals surface area contributed by atoms with Crippen molar-refractivity contribution in [1.82, 2.24) is 0 Å².